The molecule has 7 heteroatoms. The van der Waals surface area contributed by atoms with Crippen LogP contribution in [-0.2, 0) is 4.79 Å². The molecule has 174 valence electrons. The number of para-hydroxylation sites is 1. The number of thiocarbonyl (C=S) groups is 1. The molecule has 0 N–H and O–H groups in total. The number of hydrogen-bond acceptors (Lipinski definition) is 5. The van der Waals surface area contributed by atoms with E-state index in [1.807, 2.05) is 72.4 Å². The summed E-state index contributed by atoms with van der Waals surface area (Å²) in [6.07, 6.45) is 5.51. The average Bonchev–Trinajstić information content (AvgIpc) is 3.35. The molecule has 0 spiro atoms. The number of carbonyl (C=O) groups is 1. The van der Waals surface area contributed by atoms with E-state index in [1.54, 1.807) is 11.0 Å². The quantitative estimate of drug-likeness (QED) is 0.212. The van der Waals surface area contributed by atoms with Crippen LogP contribution in [-0.4, -0.2) is 38.1 Å². The van der Waals surface area contributed by atoms with Gasteiger partial charge in [0.15, 0.2) is 0 Å². The Morgan fingerprint density at radius 1 is 1.18 bits per heavy atom. The van der Waals surface area contributed by atoms with Gasteiger partial charge in [0.05, 0.1) is 17.2 Å². The molecule has 2 heterocycles. The van der Waals surface area contributed by atoms with Gasteiger partial charge in [-0.2, -0.15) is 5.10 Å². The van der Waals surface area contributed by atoms with Crippen LogP contribution in [0.3, 0.4) is 0 Å². The molecule has 0 radical (unpaired) electrons. The summed E-state index contributed by atoms with van der Waals surface area (Å²) in [4.78, 5) is 15.1. The SMILES string of the molecule is C=CCN1C(=O)/C(=C/c2cn(-c3ccccc3)nc2-c2cccc(OCC(C)C)c2C)SC1=S. The Morgan fingerprint density at radius 2 is 1.94 bits per heavy atom. The second-order valence-corrected chi connectivity index (χ2v) is 10.1. The van der Waals surface area contributed by atoms with Crippen LogP contribution in [0.4, 0.5) is 0 Å². The molecule has 3 aromatic rings. The lowest BCUT2D eigenvalue weighted by molar-refractivity contribution is -0.121. The number of benzene rings is 2. The fourth-order valence-corrected chi connectivity index (χ4v) is 4.89. The largest absolute Gasteiger partial charge is 0.493 e. The molecule has 34 heavy (non-hydrogen) atoms. The number of thioether (sulfide) groups is 1. The number of hydrogen-bond donors (Lipinski definition) is 0. The standard InChI is InChI=1S/C27H27N3O2S2/c1-5-14-29-26(31)24(34-27(29)33)15-20-16-30(21-10-7-6-8-11-21)28-25(20)22-12-9-13-23(19(22)4)32-17-18(2)3/h5-13,15-16,18H,1,14,17H2,2-4H3/b24-15-. The molecule has 1 aliphatic rings. The van der Waals surface area contributed by atoms with Crippen molar-refractivity contribution in [3.8, 4) is 22.7 Å². The van der Waals surface area contributed by atoms with Crippen LogP contribution in [0.1, 0.15) is 25.0 Å². The second-order valence-electron chi connectivity index (χ2n) is 8.43. The molecule has 2 aromatic carbocycles. The van der Waals surface area contributed by atoms with Gasteiger partial charge in [-0.15, -0.1) is 6.58 Å². The van der Waals surface area contributed by atoms with Crippen molar-refractivity contribution in [3.05, 3.63) is 83.4 Å². The van der Waals surface area contributed by atoms with Crippen LogP contribution in [0.5, 0.6) is 5.75 Å². The van der Waals surface area contributed by atoms with Crippen molar-refractivity contribution in [3.63, 3.8) is 0 Å². The van der Waals surface area contributed by atoms with E-state index in [4.69, 9.17) is 22.1 Å². The highest BCUT2D eigenvalue weighted by Crippen LogP contribution is 2.37. The zero-order chi connectivity index (χ0) is 24.2. The fourth-order valence-electron chi connectivity index (χ4n) is 3.63. The minimum Gasteiger partial charge on any atom is -0.493 e. The molecular weight excluding hydrogens is 462 g/mol. The molecule has 0 saturated carbocycles. The van der Waals surface area contributed by atoms with Crippen molar-refractivity contribution in [1.82, 2.24) is 14.7 Å². The zero-order valence-corrected chi connectivity index (χ0v) is 21.2. The first-order chi connectivity index (χ1) is 16.4. The minimum absolute atomic E-state index is 0.112. The Bertz CT molecular complexity index is 1260. The summed E-state index contributed by atoms with van der Waals surface area (Å²) >= 11 is 6.72. The first kappa shape index (κ1) is 24.0. The van der Waals surface area contributed by atoms with E-state index in [2.05, 4.69) is 20.4 Å². The van der Waals surface area contributed by atoms with Gasteiger partial charge in [0.25, 0.3) is 5.91 Å². The van der Waals surface area contributed by atoms with Gasteiger partial charge in [0.1, 0.15) is 15.8 Å². The van der Waals surface area contributed by atoms with E-state index in [9.17, 15) is 4.79 Å². The third kappa shape index (κ3) is 5.00. The number of ether oxygens (including phenoxy) is 1. The first-order valence-corrected chi connectivity index (χ1v) is 12.4. The summed E-state index contributed by atoms with van der Waals surface area (Å²) in [5, 5.41) is 4.92. The maximum absolute atomic E-state index is 13.0. The van der Waals surface area contributed by atoms with Gasteiger partial charge >= 0.3 is 0 Å². The smallest absolute Gasteiger partial charge is 0.266 e. The molecule has 1 saturated heterocycles. The maximum atomic E-state index is 13.0. The highest BCUT2D eigenvalue weighted by molar-refractivity contribution is 8.26. The number of carbonyl (C=O) groups excluding carboxylic acids is 1. The maximum Gasteiger partial charge on any atom is 0.266 e. The highest BCUT2D eigenvalue weighted by Gasteiger charge is 2.31. The molecule has 0 bridgehead atoms. The van der Waals surface area contributed by atoms with E-state index in [0.29, 0.717) is 28.3 Å². The molecule has 0 atom stereocenters. The molecule has 5 nitrogen and oxygen atoms in total. The highest BCUT2D eigenvalue weighted by atomic mass is 32.2. The summed E-state index contributed by atoms with van der Waals surface area (Å²) in [7, 11) is 0. The lowest BCUT2D eigenvalue weighted by Gasteiger charge is -2.14. The summed E-state index contributed by atoms with van der Waals surface area (Å²) in [5.41, 5.74) is 4.53. The van der Waals surface area contributed by atoms with Crippen LogP contribution in [0.15, 0.2) is 72.3 Å². The van der Waals surface area contributed by atoms with Crippen LogP contribution >= 0.6 is 24.0 Å². The molecule has 1 aromatic heterocycles. The first-order valence-electron chi connectivity index (χ1n) is 11.1. The predicted octanol–water partition coefficient (Wildman–Crippen LogP) is 6.27. The average molecular weight is 490 g/mol. The summed E-state index contributed by atoms with van der Waals surface area (Å²) in [6, 6.07) is 15.9. The van der Waals surface area contributed by atoms with Crippen molar-refractivity contribution in [2.75, 3.05) is 13.2 Å². The van der Waals surface area contributed by atoms with Crippen molar-refractivity contribution in [2.45, 2.75) is 20.8 Å². The predicted molar refractivity (Wildman–Crippen MR) is 144 cm³/mol. The van der Waals surface area contributed by atoms with E-state index >= 15 is 0 Å². The van der Waals surface area contributed by atoms with E-state index in [-0.39, 0.29) is 5.91 Å². The fraction of sp³-hybridized carbons (Fsp3) is 0.222. The Kier molecular flexibility index (Phi) is 7.34. The van der Waals surface area contributed by atoms with E-state index in [1.165, 1.54) is 11.8 Å². The topological polar surface area (TPSA) is 47.4 Å². The van der Waals surface area contributed by atoms with Gasteiger partial charge in [-0.1, -0.05) is 74.2 Å². The van der Waals surface area contributed by atoms with Gasteiger partial charge in [-0.25, -0.2) is 4.68 Å². The van der Waals surface area contributed by atoms with Crippen LogP contribution in [0.25, 0.3) is 23.0 Å². The van der Waals surface area contributed by atoms with Gasteiger partial charge in [-0.05, 0) is 37.1 Å². The minimum atomic E-state index is -0.112. The van der Waals surface area contributed by atoms with Gasteiger partial charge < -0.3 is 4.74 Å². The van der Waals surface area contributed by atoms with Crippen LogP contribution in [0.2, 0.25) is 0 Å². The molecule has 4 rings (SSSR count). The summed E-state index contributed by atoms with van der Waals surface area (Å²) in [5.74, 6) is 1.15. The van der Waals surface area contributed by atoms with Crippen LogP contribution < -0.4 is 4.74 Å². The van der Waals surface area contributed by atoms with Crippen molar-refractivity contribution in [2.24, 2.45) is 5.92 Å². The molecular formula is C27H27N3O2S2. The number of rotatable bonds is 8. The Balaban J connectivity index is 1.81. The molecule has 1 aliphatic heterocycles. The zero-order valence-electron chi connectivity index (χ0n) is 19.5. The molecule has 0 aliphatic carbocycles. The number of aromatic nitrogens is 2. The number of amides is 1. The lowest BCUT2D eigenvalue weighted by atomic mass is 10.0. The third-order valence-electron chi connectivity index (χ3n) is 5.35. The Hall–Kier alpha value is -3.16. The monoisotopic (exact) mass is 489 g/mol. The van der Waals surface area contributed by atoms with Crippen molar-refractivity contribution >= 4 is 40.3 Å². The van der Waals surface area contributed by atoms with Crippen molar-refractivity contribution in [1.29, 1.82) is 0 Å². The van der Waals surface area contributed by atoms with Gasteiger partial charge in [0.2, 0.25) is 0 Å². The molecule has 1 amide bonds. The second kappa shape index (κ2) is 10.4. The Morgan fingerprint density at radius 3 is 2.65 bits per heavy atom. The summed E-state index contributed by atoms with van der Waals surface area (Å²) in [6.45, 7) is 11.1. The van der Waals surface area contributed by atoms with Crippen molar-refractivity contribution < 1.29 is 9.53 Å². The Labute approximate surface area is 210 Å². The van der Waals surface area contributed by atoms with Gasteiger partial charge in [-0.3, -0.25) is 9.69 Å². The lowest BCUT2D eigenvalue weighted by Crippen LogP contribution is -2.27. The molecule has 1 fully saturated rings. The summed E-state index contributed by atoms with van der Waals surface area (Å²) < 4.78 is 8.43. The van der Waals surface area contributed by atoms with Crippen LogP contribution in [0, 0.1) is 12.8 Å². The molecule has 0 unspecified atom stereocenters. The third-order valence-corrected chi connectivity index (χ3v) is 6.72. The number of nitrogens with zero attached hydrogens (tertiary/aromatic N) is 3. The van der Waals surface area contributed by atoms with E-state index < -0.39 is 0 Å². The van der Waals surface area contributed by atoms with E-state index in [0.717, 1.165) is 33.8 Å². The normalized spacial score (nSPS) is 14.9. The van der Waals surface area contributed by atoms with Gasteiger partial charge in [0, 0.05) is 29.4 Å².